The lowest BCUT2D eigenvalue weighted by Gasteiger charge is -2.16. The zero-order valence-corrected chi connectivity index (χ0v) is 15.3. The molecule has 0 heterocycles. The van der Waals surface area contributed by atoms with Gasteiger partial charge in [-0.05, 0) is 48.9 Å². The predicted octanol–water partition coefficient (Wildman–Crippen LogP) is 6.90. The first kappa shape index (κ1) is 17.5. The minimum Gasteiger partial charge on any atom is -0.490 e. The highest BCUT2D eigenvalue weighted by molar-refractivity contribution is 6.32. The highest BCUT2D eigenvalue weighted by Gasteiger charge is 2.15. The molecule has 0 radical (unpaired) electrons. The summed E-state index contributed by atoms with van der Waals surface area (Å²) < 4.78 is 17.3. The van der Waals surface area contributed by atoms with E-state index in [-0.39, 0.29) is 0 Å². The van der Waals surface area contributed by atoms with Crippen molar-refractivity contribution >= 4 is 23.2 Å². The first-order valence-corrected chi connectivity index (χ1v) is 8.37. The molecule has 0 spiro atoms. The van der Waals surface area contributed by atoms with Crippen LogP contribution >= 0.6 is 23.2 Å². The van der Waals surface area contributed by atoms with E-state index < -0.39 is 0 Å². The molecule has 0 aliphatic heterocycles. The van der Waals surface area contributed by atoms with Crippen molar-refractivity contribution in [1.82, 2.24) is 0 Å². The lowest BCUT2D eigenvalue weighted by atomic mass is 10.2. The van der Waals surface area contributed by atoms with Crippen LogP contribution in [0.5, 0.6) is 28.7 Å². The monoisotopic (exact) mass is 374 g/mol. The van der Waals surface area contributed by atoms with Crippen LogP contribution in [0.3, 0.4) is 0 Å². The van der Waals surface area contributed by atoms with Crippen LogP contribution in [0.25, 0.3) is 0 Å². The van der Waals surface area contributed by atoms with Crippen LogP contribution in [-0.2, 0) is 0 Å². The van der Waals surface area contributed by atoms with E-state index in [9.17, 15) is 0 Å². The Morgan fingerprint density at radius 2 is 1.28 bits per heavy atom. The first-order chi connectivity index (χ1) is 12.1. The Labute approximate surface area is 156 Å². The van der Waals surface area contributed by atoms with Gasteiger partial charge in [-0.25, -0.2) is 0 Å². The number of para-hydroxylation sites is 2. The Hall–Kier alpha value is -2.36. The molecule has 0 aliphatic carbocycles. The summed E-state index contributed by atoms with van der Waals surface area (Å²) in [7, 11) is 1.55. The van der Waals surface area contributed by atoms with Crippen LogP contribution in [0.15, 0.2) is 60.7 Å². The maximum absolute atomic E-state index is 6.25. The number of halogens is 2. The Morgan fingerprint density at radius 3 is 1.88 bits per heavy atom. The van der Waals surface area contributed by atoms with Gasteiger partial charge in [-0.3, -0.25) is 0 Å². The normalized spacial score (nSPS) is 10.4. The molecular weight excluding hydrogens is 359 g/mol. The molecule has 3 nitrogen and oxygen atoms in total. The quantitative estimate of drug-likeness (QED) is 0.486. The third-order valence-electron chi connectivity index (χ3n) is 3.51. The van der Waals surface area contributed by atoms with Crippen LogP contribution in [0.2, 0.25) is 10.0 Å². The standard InChI is InChI=1S/C20H16Cl2O3/c1-13-10-11-17(15(22)12-13)25-19-9-5-8-18(20(19)23-2)24-16-7-4-3-6-14(16)21/h3-12H,1-2H3. The summed E-state index contributed by atoms with van der Waals surface area (Å²) in [5, 5.41) is 1.04. The number of methoxy groups -OCH3 is 1. The number of hydrogen-bond donors (Lipinski definition) is 0. The summed E-state index contributed by atoms with van der Waals surface area (Å²) in [5.41, 5.74) is 1.06. The van der Waals surface area contributed by atoms with E-state index >= 15 is 0 Å². The molecular formula is C20H16Cl2O3. The average molecular weight is 375 g/mol. The van der Waals surface area contributed by atoms with Gasteiger partial charge >= 0.3 is 0 Å². The molecule has 0 aliphatic rings. The van der Waals surface area contributed by atoms with Crippen LogP contribution < -0.4 is 14.2 Å². The van der Waals surface area contributed by atoms with Crippen LogP contribution in [0, 0.1) is 6.92 Å². The Morgan fingerprint density at radius 1 is 0.680 bits per heavy atom. The Kier molecular flexibility index (Phi) is 5.37. The van der Waals surface area contributed by atoms with E-state index in [1.54, 1.807) is 31.4 Å². The van der Waals surface area contributed by atoms with E-state index in [4.69, 9.17) is 37.4 Å². The highest BCUT2D eigenvalue weighted by atomic mass is 35.5. The maximum atomic E-state index is 6.25. The van der Waals surface area contributed by atoms with Crippen molar-refractivity contribution < 1.29 is 14.2 Å². The van der Waals surface area contributed by atoms with Gasteiger partial charge in [0, 0.05) is 0 Å². The van der Waals surface area contributed by atoms with Crippen LogP contribution in [0.1, 0.15) is 5.56 Å². The molecule has 3 rings (SSSR count). The van der Waals surface area contributed by atoms with Gasteiger partial charge < -0.3 is 14.2 Å². The molecule has 0 saturated carbocycles. The molecule has 0 N–H and O–H groups in total. The third-order valence-corrected chi connectivity index (χ3v) is 4.12. The van der Waals surface area contributed by atoms with Gasteiger partial charge in [-0.1, -0.05) is 47.5 Å². The second-order valence-corrected chi connectivity index (χ2v) is 6.17. The largest absolute Gasteiger partial charge is 0.490 e. The molecule has 5 heteroatoms. The lowest BCUT2D eigenvalue weighted by molar-refractivity contribution is 0.353. The summed E-state index contributed by atoms with van der Waals surface area (Å²) in [4.78, 5) is 0. The lowest BCUT2D eigenvalue weighted by Crippen LogP contribution is -1.95. The molecule has 3 aromatic rings. The highest BCUT2D eigenvalue weighted by Crippen LogP contribution is 2.43. The van der Waals surface area contributed by atoms with Gasteiger partial charge in [-0.15, -0.1) is 0 Å². The summed E-state index contributed by atoms with van der Waals surface area (Å²) in [6, 6.07) is 18.2. The fourth-order valence-electron chi connectivity index (χ4n) is 2.31. The zero-order valence-electron chi connectivity index (χ0n) is 13.8. The zero-order chi connectivity index (χ0) is 17.8. The second-order valence-electron chi connectivity index (χ2n) is 5.36. The summed E-state index contributed by atoms with van der Waals surface area (Å²) in [6.45, 7) is 1.97. The van der Waals surface area contributed by atoms with E-state index in [1.807, 2.05) is 43.3 Å². The van der Waals surface area contributed by atoms with Crippen molar-refractivity contribution in [3.63, 3.8) is 0 Å². The van der Waals surface area contributed by atoms with Gasteiger partial charge in [-0.2, -0.15) is 0 Å². The summed E-state index contributed by atoms with van der Waals surface area (Å²) in [5.74, 6) is 2.53. The van der Waals surface area contributed by atoms with Gasteiger partial charge in [0.1, 0.15) is 11.5 Å². The second kappa shape index (κ2) is 7.68. The number of rotatable bonds is 5. The van der Waals surface area contributed by atoms with Gasteiger partial charge in [0.05, 0.1) is 17.2 Å². The minimum absolute atomic E-state index is 0.457. The number of benzene rings is 3. The third kappa shape index (κ3) is 4.01. The van der Waals surface area contributed by atoms with Crippen LogP contribution in [0.4, 0.5) is 0 Å². The summed E-state index contributed by atoms with van der Waals surface area (Å²) in [6.07, 6.45) is 0. The predicted molar refractivity (Wildman–Crippen MR) is 101 cm³/mol. The molecule has 0 amide bonds. The maximum Gasteiger partial charge on any atom is 0.204 e. The molecule has 0 unspecified atom stereocenters. The molecule has 0 saturated heterocycles. The SMILES string of the molecule is COc1c(Oc2ccccc2Cl)cccc1Oc1ccc(C)cc1Cl. The molecule has 0 atom stereocenters. The van der Waals surface area contributed by atoms with Gasteiger partial charge in [0.25, 0.3) is 0 Å². The van der Waals surface area contributed by atoms with Crippen LogP contribution in [-0.4, -0.2) is 7.11 Å². The Balaban J connectivity index is 1.94. The van der Waals surface area contributed by atoms with Crippen molar-refractivity contribution in [1.29, 1.82) is 0 Å². The van der Waals surface area contributed by atoms with E-state index in [0.29, 0.717) is 38.8 Å². The fourth-order valence-corrected chi connectivity index (χ4v) is 2.76. The van der Waals surface area contributed by atoms with Crippen molar-refractivity contribution in [2.75, 3.05) is 7.11 Å². The van der Waals surface area contributed by atoms with E-state index in [0.717, 1.165) is 5.56 Å². The molecule has 0 bridgehead atoms. The topological polar surface area (TPSA) is 27.7 Å². The van der Waals surface area contributed by atoms with Crippen molar-refractivity contribution in [2.24, 2.45) is 0 Å². The molecule has 0 aromatic heterocycles. The first-order valence-electron chi connectivity index (χ1n) is 7.62. The van der Waals surface area contributed by atoms with Crippen molar-refractivity contribution in [3.05, 3.63) is 76.3 Å². The molecule has 0 fully saturated rings. The number of ether oxygens (including phenoxy) is 3. The minimum atomic E-state index is 0.457. The number of aryl methyl sites for hydroxylation is 1. The average Bonchev–Trinajstić information content (AvgIpc) is 2.59. The summed E-state index contributed by atoms with van der Waals surface area (Å²) >= 11 is 12.4. The van der Waals surface area contributed by atoms with Gasteiger partial charge in [0.15, 0.2) is 11.5 Å². The van der Waals surface area contributed by atoms with E-state index in [2.05, 4.69) is 0 Å². The number of hydrogen-bond acceptors (Lipinski definition) is 3. The molecule has 3 aromatic carbocycles. The fraction of sp³-hybridized carbons (Fsp3) is 0.100. The molecule has 25 heavy (non-hydrogen) atoms. The van der Waals surface area contributed by atoms with Crippen molar-refractivity contribution in [3.8, 4) is 28.7 Å². The Bertz CT molecular complexity index is 894. The van der Waals surface area contributed by atoms with Crippen molar-refractivity contribution in [2.45, 2.75) is 6.92 Å². The van der Waals surface area contributed by atoms with E-state index in [1.165, 1.54) is 0 Å². The van der Waals surface area contributed by atoms with Gasteiger partial charge in [0.2, 0.25) is 5.75 Å². The smallest absolute Gasteiger partial charge is 0.204 e. The molecule has 128 valence electrons.